The minimum absolute atomic E-state index is 0.0816. The molecule has 1 aliphatic rings. The Morgan fingerprint density at radius 2 is 2.20 bits per heavy atom. The van der Waals surface area contributed by atoms with E-state index in [9.17, 15) is 4.79 Å². The molecule has 0 aliphatic carbocycles. The number of methoxy groups -OCH3 is 2. The van der Waals surface area contributed by atoms with Gasteiger partial charge in [-0.3, -0.25) is 4.90 Å². The van der Waals surface area contributed by atoms with Crippen LogP contribution in [0.5, 0.6) is 11.5 Å². The van der Waals surface area contributed by atoms with Crippen molar-refractivity contribution in [3.63, 3.8) is 0 Å². The normalized spacial score (nSPS) is 16.6. The van der Waals surface area contributed by atoms with Crippen molar-refractivity contribution in [3.8, 4) is 11.5 Å². The third-order valence-corrected chi connectivity index (χ3v) is 3.23. The van der Waals surface area contributed by atoms with Gasteiger partial charge in [-0.25, -0.2) is 4.79 Å². The van der Waals surface area contributed by atoms with Crippen LogP contribution in [0.4, 0.5) is 4.79 Å². The lowest BCUT2D eigenvalue weighted by atomic mass is 9.96. The quantitative estimate of drug-likeness (QED) is 0.854. The van der Waals surface area contributed by atoms with E-state index >= 15 is 0 Å². The Balaban J connectivity index is 2.39. The van der Waals surface area contributed by atoms with Gasteiger partial charge >= 0.3 is 6.09 Å². The SMILES string of the molecule is [2H]C([2H])([2H])Oc1cc2c(cc1OC)CCN(C(=O)OCC)C2=C. The average molecular weight is 280 g/mol. The fourth-order valence-electron chi connectivity index (χ4n) is 2.23. The molecule has 0 unspecified atom stereocenters. The average Bonchev–Trinajstić information content (AvgIpc) is 2.46. The maximum absolute atomic E-state index is 12.0. The van der Waals surface area contributed by atoms with Crippen molar-refractivity contribution in [2.75, 3.05) is 27.3 Å². The van der Waals surface area contributed by atoms with Gasteiger partial charge in [-0.05, 0) is 31.0 Å². The van der Waals surface area contributed by atoms with E-state index in [0.29, 0.717) is 30.0 Å². The number of rotatable bonds is 3. The predicted octanol–water partition coefficient (Wildman–Crippen LogP) is 2.69. The molecule has 1 amide bonds. The summed E-state index contributed by atoms with van der Waals surface area (Å²) in [7, 11) is -1.16. The molecule has 5 nitrogen and oxygen atoms in total. The molecule has 1 heterocycles. The Kier molecular flexibility index (Phi) is 3.10. The van der Waals surface area contributed by atoms with Crippen LogP contribution in [0.25, 0.3) is 5.70 Å². The molecule has 1 aromatic carbocycles. The van der Waals surface area contributed by atoms with E-state index in [4.69, 9.17) is 18.3 Å². The summed E-state index contributed by atoms with van der Waals surface area (Å²) in [6.07, 6.45) is 0.106. The number of fused-ring (bicyclic) bond motifs is 1. The third kappa shape index (κ3) is 2.43. The molecule has 0 saturated carbocycles. The van der Waals surface area contributed by atoms with Crippen LogP contribution in [0.15, 0.2) is 18.7 Å². The first kappa shape index (κ1) is 10.6. The highest BCUT2D eigenvalue weighted by Crippen LogP contribution is 2.37. The molecule has 0 aromatic heterocycles. The second-order valence-corrected chi connectivity index (χ2v) is 4.31. The van der Waals surface area contributed by atoms with Crippen molar-refractivity contribution in [1.82, 2.24) is 4.90 Å². The Morgan fingerprint density at radius 1 is 1.45 bits per heavy atom. The Bertz CT molecular complexity index is 628. The topological polar surface area (TPSA) is 48.0 Å². The molecule has 108 valence electrons. The lowest BCUT2D eigenvalue weighted by Crippen LogP contribution is -2.35. The highest BCUT2D eigenvalue weighted by atomic mass is 16.6. The zero-order chi connectivity index (χ0) is 17.2. The molecule has 0 N–H and O–H groups in total. The number of nitrogens with zero attached hydrogens (tertiary/aromatic N) is 1. The van der Waals surface area contributed by atoms with Crippen molar-refractivity contribution in [2.24, 2.45) is 0 Å². The first-order valence-electron chi connectivity index (χ1n) is 7.80. The zero-order valence-corrected chi connectivity index (χ0v) is 11.6. The van der Waals surface area contributed by atoms with E-state index in [-0.39, 0.29) is 12.4 Å². The van der Waals surface area contributed by atoms with E-state index in [1.807, 2.05) is 0 Å². The number of benzene rings is 1. The van der Waals surface area contributed by atoms with Crippen LogP contribution in [-0.4, -0.2) is 38.3 Å². The standard InChI is InChI=1S/C15H19NO4/c1-5-20-15(17)16-7-6-11-8-13(18-3)14(19-4)9-12(11)10(16)2/h8-9H,2,5-7H2,1,3-4H3/i4D3. The number of carbonyl (C=O) groups is 1. The highest BCUT2D eigenvalue weighted by molar-refractivity contribution is 5.84. The lowest BCUT2D eigenvalue weighted by molar-refractivity contribution is 0.125. The number of carbonyl (C=O) groups excluding carboxylic acids is 1. The van der Waals surface area contributed by atoms with Crippen LogP contribution in [0.3, 0.4) is 0 Å². The largest absolute Gasteiger partial charge is 0.493 e. The van der Waals surface area contributed by atoms with Gasteiger partial charge in [-0.1, -0.05) is 6.58 Å². The molecule has 1 aromatic rings. The van der Waals surface area contributed by atoms with Crippen LogP contribution in [0.2, 0.25) is 0 Å². The number of hydrogen-bond donors (Lipinski definition) is 0. The van der Waals surface area contributed by atoms with Crippen LogP contribution < -0.4 is 9.47 Å². The fraction of sp³-hybridized carbons (Fsp3) is 0.400. The van der Waals surface area contributed by atoms with Gasteiger partial charge in [0, 0.05) is 17.8 Å². The summed E-state index contributed by atoms with van der Waals surface area (Å²) in [4.78, 5) is 13.4. The zero-order valence-electron chi connectivity index (χ0n) is 14.6. The molecule has 0 bridgehead atoms. The molecule has 0 radical (unpaired) electrons. The van der Waals surface area contributed by atoms with E-state index < -0.39 is 13.1 Å². The second-order valence-electron chi connectivity index (χ2n) is 4.31. The van der Waals surface area contributed by atoms with Gasteiger partial charge in [0.25, 0.3) is 0 Å². The minimum Gasteiger partial charge on any atom is -0.493 e. The predicted molar refractivity (Wildman–Crippen MR) is 76.0 cm³/mol. The minimum atomic E-state index is -2.60. The van der Waals surface area contributed by atoms with E-state index in [0.717, 1.165) is 5.56 Å². The molecule has 1 aliphatic heterocycles. The van der Waals surface area contributed by atoms with Crippen LogP contribution in [0.1, 0.15) is 22.2 Å². The van der Waals surface area contributed by atoms with Gasteiger partial charge in [0.05, 0.1) is 24.9 Å². The summed E-state index contributed by atoms with van der Waals surface area (Å²) in [6, 6.07) is 3.25. The van der Waals surface area contributed by atoms with E-state index in [1.54, 1.807) is 13.0 Å². The Hall–Kier alpha value is -2.17. The van der Waals surface area contributed by atoms with E-state index in [1.165, 1.54) is 18.1 Å². The molecular weight excluding hydrogens is 258 g/mol. The van der Waals surface area contributed by atoms with Crippen LogP contribution in [0, 0.1) is 0 Å². The molecular formula is C15H19NO4. The van der Waals surface area contributed by atoms with Crippen molar-refractivity contribution >= 4 is 11.8 Å². The molecule has 5 heteroatoms. The van der Waals surface area contributed by atoms with Crippen LogP contribution in [-0.2, 0) is 11.2 Å². The molecule has 0 saturated heterocycles. The van der Waals surface area contributed by atoms with Crippen molar-refractivity contribution < 1.29 is 23.1 Å². The van der Waals surface area contributed by atoms with Gasteiger partial charge in [0.2, 0.25) is 0 Å². The monoisotopic (exact) mass is 280 g/mol. The van der Waals surface area contributed by atoms with Gasteiger partial charge in [0.1, 0.15) is 0 Å². The second kappa shape index (κ2) is 5.86. The molecule has 0 spiro atoms. The van der Waals surface area contributed by atoms with Gasteiger partial charge in [0.15, 0.2) is 11.5 Å². The maximum atomic E-state index is 12.0. The van der Waals surface area contributed by atoms with Crippen LogP contribution >= 0.6 is 0 Å². The molecule has 0 fully saturated rings. The fourth-order valence-corrected chi connectivity index (χ4v) is 2.23. The van der Waals surface area contributed by atoms with Crippen molar-refractivity contribution in [1.29, 1.82) is 0 Å². The summed E-state index contributed by atoms with van der Waals surface area (Å²) in [6.45, 7) is 6.36. The smallest absolute Gasteiger partial charge is 0.414 e. The van der Waals surface area contributed by atoms with Gasteiger partial charge in [-0.15, -0.1) is 0 Å². The summed E-state index contributed by atoms with van der Waals surface area (Å²) in [5.41, 5.74) is 2.00. The summed E-state index contributed by atoms with van der Waals surface area (Å²) in [5, 5.41) is 0. The molecule has 20 heavy (non-hydrogen) atoms. The van der Waals surface area contributed by atoms with E-state index in [2.05, 4.69) is 6.58 Å². The third-order valence-electron chi connectivity index (χ3n) is 3.23. The van der Waals surface area contributed by atoms with Gasteiger partial charge in [-0.2, -0.15) is 0 Å². The number of amides is 1. The maximum Gasteiger partial charge on any atom is 0.414 e. The number of hydrogen-bond acceptors (Lipinski definition) is 4. The highest BCUT2D eigenvalue weighted by Gasteiger charge is 2.27. The summed E-state index contributed by atoms with van der Waals surface area (Å²) < 4.78 is 36.9. The summed E-state index contributed by atoms with van der Waals surface area (Å²) >= 11 is 0. The Labute approximate surface area is 122 Å². The first-order valence-corrected chi connectivity index (χ1v) is 6.30. The number of ether oxygens (including phenoxy) is 3. The van der Waals surface area contributed by atoms with Crippen molar-refractivity contribution in [3.05, 3.63) is 29.8 Å². The van der Waals surface area contributed by atoms with Gasteiger partial charge < -0.3 is 14.2 Å². The first-order chi connectivity index (χ1) is 10.8. The Morgan fingerprint density at radius 3 is 2.85 bits per heavy atom. The lowest BCUT2D eigenvalue weighted by Gasteiger charge is -2.30. The molecule has 2 rings (SSSR count). The van der Waals surface area contributed by atoms with Crippen molar-refractivity contribution in [2.45, 2.75) is 13.3 Å². The molecule has 0 atom stereocenters. The summed E-state index contributed by atoms with van der Waals surface area (Å²) in [5.74, 6) is 0.412.